The Kier molecular flexibility index (Phi) is 4.88. The maximum atomic E-state index is 12.9. The molecule has 0 spiro atoms. The first-order chi connectivity index (χ1) is 9.09. The second-order valence-electron chi connectivity index (χ2n) is 6.96. The second-order valence-corrected chi connectivity index (χ2v) is 6.96. The Morgan fingerprint density at radius 2 is 1.89 bits per heavy atom. The molecule has 0 unspecified atom stereocenters. The summed E-state index contributed by atoms with van der Waals surface area (Å²) in [6, 6.07) is 0.496. The average molecular weight is 266 g/mol. The number of hydrogen-bond acceptors (Lipinski definition) is 2. The number of rotatable bonds is 6. The van der Waals surface area contributed by atoms with E-state index in [0.717, 1.165) is 25.8 Å². The molecule has 3 nitrogen and oxygen atoms in total. The third kappa shape index (κ3) is 3.13. The van der Waals surface area contributed by atoms with Gasteiger partial charge in [0.2, 0.25) is 5.91 Å². The number of amides is 1. The van der Waals surface area contributed by atoms with Crippen molar-refractivity contribution < 1.29 is 4.79 Å². The molecule has 0 heterocycles. The molecule has 2 saturated carbocycles. The lowest BCUT2D eigenvalue weighted by atomic mass is 9.67. The molecule has 1 amide bonds. The topological polar surface area (TPSA) is 46.3 Å². The molecule has 0 aliphatic heterocycles. The van der Waals surface area contributed by atoms with Gasteiger partial charge < -0.3 is 10.6 Å². The van der Waals surface area contributed by atoms with Gasteiger partial charge in [0.1, 0.15) is 0 Å². The minimum absolute atomic E-state index is 0.195. The van der Waals surface area contributed by atoms with Crippen LogP contribution in [-0.2, 0) is 4.79 Å². The number of nitrogens with two attached hydrogens (primary N) is 1. The molecule has 0 radical (unpaired) electrons. The summed E-state index contributed by atoms with van der Waals surface area (Å²) in [6.07, 6.45) is 9.27. The lowest BCUT2D eigenvalue weighted by Gasteiger charge is -2.44. The first kappa shape index (κ1) is 14.8. The summed E-state index contributed by atoms with van der Waals surface area (Å²) in [5.41, 5.74) is 5.72. The predicted molar refractivity (Wildman–Crippen MR) is 78.8 cm³/mol. The lowest BCUT2D eigenvalue weighted by molar-refractivity contribution is -0.149. The van der Waals surface area contributed by atoms with E-state index in [1.54, 1.807) is 0 Å². The first-order valence-electron chi connectivity index (χ1n) is 8.10. The van der Waals surface area contributed by atoms with E-state index in [1.165, 1.54) is 32.1 Å². The summed E-state index contributed by atoms with van der Waals surface area (Å²) in [7, 11) is 0. The number of hydrogen-bond donors (Lipinski definition) is 1. The van der Waals surface area contributed by atoms with Gasteiger partial charge in [-0.25, -0.2) is 0 Å². The number of nitrogens with zero attached hydrogens (tertiary/aromatic N) is 1. The zero-order chi connectivity index (χ0) is 13.9. The van der Waals surface area contributed by atoms with Gasteiger partial charge in [-0.1, -0.05) is 33.1 Å². The molecule has 2 aliphatic carbocycles. The van der Waals surface area contributed by atoms with Crippen LogP contribution in [-0.4, -0.2) is 29.9 Å². The molecule has 0 aromatic rings. The van der Waals surface area contributed by atoms with E-state index in [-0.39, 0.29) is 5.41 Å². The van der Waals surface area contributed by atoms with Gasteiger partial charge in [0.05, 0.1) is 5.41 Å². The molecule has 0 aromatic heterocycles. The Bertz CT molecular complexity index is 298. The SMILES string of the molecule is CC(C)CCN(C(=O)C1(CN)CCC1)C1CCCC1. The molecule has 0 atom stereocenters. The van der Waals surface area contributed by atoms with Crippen molar-refractivity contribution in [3.63, 3.8) is 0 Å². The van der Waals surface area contributed by atoms with Gasteiger partial charge in [0.25, 0.3) is 0 Å². The molecule has 110 valence electrons. The van der Waals surface area contributed by atoms with Crippen LogP contribution < -0.4 is 5.73 Å². The highest BCUT2D eigenvalue weighted by atomic mass is 16.2. The Hall–Kier alpha value is -0.570. The van der Waals surface area contributed by atoms with E-state index in [1.807, 2.05) is 0 Å². The fourth-order valence-corrected chi connectivity index (χ4v) is 3.48. The minimum Gasteiger partial charge on any atom is -0.339 e. The van der Waals surface area contributed by atoms with Crippen molar-refractivity contribution in [3.05, 3.63) is 0 Å². The van der Waals surface area contributed by atoms with Crippen LogP contribution in [0.2, 0.25) is 0 Å². The van der Waals surface area contributed by atoms with Gasteiger partial charge in [0.15, 0.2) is 0 Å². The molecule has 2 aliphatic rings. The van der Waals surface area contributed by atoms with Crippen molar-refractivity contribution >= 4 is 5.91 Å². The second kappa shape index (κ2) is 6.25. The van der Waals surface area contributed by atoms with Crippen LogP contribution in [0.15, 0.2) is 0 Å². The van der Waals surface area contributed by atoms with E-state index in [4.69, 9.17) is 5.73 Å². The molecule has 0 saturated heterocycles. The fourth-order valence-electron chi connectivity index (χ4n) is 3.48. The zero-order valence-corrected chi connectivity index (χ0v) is 12.7. The highest BCUT2D eigenvalue weighted by Gasteiger charge is 2.46. The van der Waals surface area contributed by atoms with Gasteiger partial charge in [-0.15, -0.1) is 0 Å². The van der Waals surface area contributed by atoms with Gasteiger partial charge >= 0.3 is 0 Å². The van der Waals surface area contributed by atoms with Gasteiger partial charge in [-0.05, 0) is 38.0 Å². The number of carbonyl (C=O) groups excluding carboxylic acids is 1. The highest BCUT2D eigenvalue weighted by molar-refractivity contribution is 5.84. The molecule has 19 heavy (non-hydrogen) atoms. The largest absolute Gasteiger partial charge is 0.339 e. The van der Waals surface area contributed by atoms with Crippen molar-refractivity contribution in [2.75, 3.05) is 13.1 Å². The molecule has 0 aromatic carbocycles. The molecular weight excluding hydrogens is 236 g/mol. The van der Waals surface area contributed by atoms with Crippen molar-refractivity contribution in [1.29, 1.82) is 0 Å². The number of carbonyl (C=O) groups is 1. The van der Waals surface area contributed by atoms with Crippen LogP contribution in [0, 0.1) is 11.3 Å². The normalized spacial score (nSPS) is 22.5. The fraction of sp³-hybridized carbons (Fsp3) is 0.938. The van der Waals surface area contributed by atoms with Crippen molar-refractivity contribution in [2.24, 2.45) is 17.1 Å². The van der Waals surface area contributed by atoms with Crippen LogP contribution in [0.25, 0.3) is 0 Å². The van der Waals surface area contributed by atoms with Gasteiger partial charge in [-0.2, -0.15) is 0 Å². The summed E-state index contributed by atoms with van der Waals surface area (Å²) in [5.74, 6) is 1.03. The van der Waals surface area contributed by atoms with Crippen LogP contribution in [0.4, 0.5) is 0 Å². The van der Waals surface area contributed by atoms with Crippen molar-refractivity contribution in [3.8, 4) is 0 Å². The van der Waals surface area contributed by atoms with E-state index in [0.29, 0.717) is 24.4 Å². The smallest absolute Gasteiger partial charge is 0.230 e. The standard InChI is InChI=1S/C16H30N2O/c1-13(2)8-11-18(14-6-3-4-7-14)15(19)16(12-17)9-5-10-16/h13-14H,3-12,17H2,1-2H3. The molecule has 3 heteroatoms. The first-order valence-corrected chi connectivity index (χ1v) is 8.10. The third-order valence-corrected chi connectivity index (χ3v) is 5.13. The van der Waals surface area contributed by atoms with E-state index >= 15 is 0 Å². The summed E-state index contributed by atoms with van der Waals surface area (Å²) < 4.78 is 0. The van der Waals surface area contributed by atoms with E-state index < -0.39 is 0 Å². The Morgan fingerprint density at radius 3 is 2.32 bits per heavy atom. The maximum Gasteiger partial charge on any atom is 0.230 e. The Balaban J connectivity index is 2.04. The van der Waals surface area contributed by atoms with Crippen LogP contribution in [0.5, 0.6) is 0 Å². The summed E-state index contributed by atoms with van der Waals surface area (Å²) >= 11 is 0. The molecule has 2 fully saturated rings. The van der Waals surface area contributed by atoms with Crippen LogP contribution in [0.1, 0.15) is 65.2 Å². The predicted octanol–water partition coefficient (Wildman–Crippen LogP) is 2.93. The van der Waals surface area contributed by atoms with E-state index in [9.17, 15) is 4.79 Å². The Morgan fingerprint density at radius 1 is 1.26 bits per heavy atom. The summed E-state index contributed by atoms with van der Waals surface area (Å²) in [6.45, 7) is 5.94. The highest BCUT2D eigenvalue weighted by Crippen LogP contribution is 2.42. The lowest BCUT2D eigenvalue weighted by Crippen LogP contribution is -2.54. The third-order valence-electron chi connectivity index (χ3n) is 5.13. The van der Waals surface area contributed by atoms with E-state index in [2.05, 4.69) is 18.7 Å². The average Bonchev–Trinajstić information content (AvgIpc) is 2.82. The van der Waals surface area contributed by atoms with Crippen molar-refractivity contribution in [1.82, 2.24) is 4.90 Å². The Labute approximate surface area is 117 Å². The molecular formula is C16H30N2O. The zero-order valence-electron chi connectivity index (χ0n) is 12.7. The summed E-state index contributed by atoms with van der Waals surface area (Å²) in [4.78, 5) is 15.1. The van der Waals surface area contributed by atoms with Crippen LogP contribution >= 0.6 is 0 Å². The molecule has 2 rings (SSSR count). The van der Waals surface area contributed by atoms with Gasteiger partial charge in [0, 0.05) is 19.1 Å². The summed E-state index contributed by atoms with van der Waals surface area (Å²) in [5, 5.41) is 0. The molecule has 0 bridgehead atoms. The van der Waals surface area contributed by atoms with Gasteiger partial charge in [-0.3, -0.25) is 4.79 Å². The maximum absolute atomic E-state index is 12.9. The monoisotopic (exact) mass is 266 g/mol. The van der Waals surface area contributed by atoms with Crippen molar-refractivity contribution in [2.45, 2.75) is 71.3 Å². The minimum atomic E-state index is -0.195. The molecule has 2 N–H and O–H groups in total. The van der Waals surface area contributed by atoms with Crippen LogP contribution in [0.3, 0.4) is 0 Å². The quantitative estimate of drug-likeness (QED) is 0.803.